The molecule has 5 heteroatoms. The maximum atomic E-state index is 12.4. The summed E-state index contributed by atoms with van der Waals surface area (Å²) in [5.74, 6) is -0.171. The number of carbonyl (C=O) groups excluding carboxylic acids is 2. The molecule has 2 N–H and O–H groups in total. The van der Waals surface area contributed by atoms with Crippen LogP contribution in [0.5, 0.6) is 0 Å². The van der Waals surface area contributed by atoms with Crippen LogP contribution in [0.2, 0.25) is 0 Å². The summed E-state index contributed by atoms with van der Waals surface area (Å²) in [6.45, 7) is 8.57. The summed E-state index contributed by atoms with van der Waals surface area (Å²) in [7, 11) is 0. The van der Waals surface area contributed by atoms with Crippen LogP contribution >= 0.6 is 0 Å². The monoisotopic (exact) mass is 325 g/mol. The third-order valence-corrected chi connectivity index (χ3v) is 3.56. The smallest absolute Gasteiger partial charge is 0.274 e. The standard InChI is InChI=1S/C19H23N3O2/c1-12(2)11-21-18(23)15-7-8-20-17(10-15)19(24)22-16-6-5-13(3)9-14(16)4/h5-10,12H,11H2,1-4H3,(H,21,23)(H,22,24). The Labute approximate surface area is 142 Å². The van der Waals surface area contributed by atoms with Gasteiger partial charge < -0.3 is 10.6 Å². The third kappa shape index (κ3) is 4.65. The Morgan fingerprint density at radius 1 is 1.08 bits per heavy atom. The van der Waals surface area contributed by atoms with Crippen molar-refractivity contribution in [2.75, 3.05) is 11.9 Å². The summed E-state index contributed by atoms with van der Waals surface area (Å²) >= 11 is 0. The second-order valence-corrected chi connectivity index (χ2v) is 6.31. The van der Waals surface area contributed by atoms with Crippen molar-refractivity contribution < 1.29 is 9.59 Å². The summed E-state index contributed by atoms with van der Waals surface area (Å²) in [6.07, 6.45) is 1.47. The van der Waals surface area contributed by atoms with Gasteiger partial charge in [0.15, 0.2) is 0 Å². The van der Waals surface area contributed by atoms with Gasteiger partial charge in [-0.3, -0.25) is 14.6 Å². The van der Waals surface area contributed by atoms with E-state index in [4.69, 9.17) is 0 Å². The molecule has 0 saturated heterocycles. The number of amides is 2. The zero-order valence-electron chi connectivity index (χ0n) is 14.5. The molecule has 0 aliphatic heterocycles. The second kappa shape index (κ2) is 7.73. The van der Waals surface area contributed by atoms with Crippen LogP contribution < -0.4 is 10.6 Å². The lowest BCUT2D eigenvalue weighted by molar-refractivity contribution is 0.0949. The van der Waals surface area contributed by atoms with Crippen molar-refractivity contribution >= 4 is 17.5 Å². The Balaban J connectivity index is 2.12. The SMILES string of the molecule is Cc1ccc(NC(=O)c2cc(C(=O)NCC(C)C)ccn2)c(C)c1. The Kier molecular flexibility index (Phi) is 5.68. The molecular weight excluding hydrogens is 302 g/mol. The number of hydrogen-bond acceptors (Lipinski definition) is 3. The van der Waals surface area contributed by atoms with Crippen molar-refractivity contribution in [3.05, 3.63) is 58.9 Å². The number of nitrogens with one attached hydrogen (secondary N) is 2. The highest BCUT2D eigenvalue weighted by atomic mass is 16.2. The summed E-state index contributed by atoms with van der Waals surface area (Å²) in [4.78, 5) is 28.6. The fraction of sp³-hybridized carbons (Fsp3) is 0.316. The summed E-state index contributed by atoms with van der Waals surface area (Å²) < 4.78 is 0. The van der Waals surface area contributed by atoms with Gasteiger partial charge in [-0.25, -0.2) is 0 Å². The maximum Gasteiger partial charge on any atom is 0.274 e. The molecule has 1 aromatic carbocycles. The molecule has 0 unspecified atom stereocenters. The molecule has 0 atom stereocenters. The van der Waals surface area contributed by atoms with Gasteiger partial charge in [0, 0.05) is 24.0 Å². The van der Waals surface area contributed by atoms with Crippen LogP contribution in [0.1, 0.15) is 45.8 Å². The Bertz CT molecular complexity index is 754. The van der Waals surface area contributed by atoms with E-state index in [9.17, 15) is 9.59 Å². The Morgan fingerprint density at radius 2 is 1.83 bits per heavy atom. The van der Waals surface area contributed by atoms with Gasteiger partial charge >= 0.3 is 0 Å². The number of aryl methyl sites for hydroxylation is 2. The van der Waals surface area contributed by atoms with Gasteiger partial charge in [-0.05, 0) is 43.5 Å². The highest BCUT2D eigenvalue weighted by molar-refractivity contribution is 6.05. The lowest BCUT2D eigenvalue weighted by Gasteiger charge is -2.10. The number of rotatable bonds is 5. The van der Waals surface area contributed by atoms with E-state index in [0.29, 0.717) is 18.0 Å². The number of pyridine rings is 1. The highest BCUT2D eigenvalue weighted by Gasteiger charge is 2.13. The van der Waals surface area contributed by atoms with Crippen LogP contribution in [0.4, 0.5) is 5.69 Å². The number of hydrogen-bond donors (Lipinski definition) is 2. The maximum absolute atomic E-state index is 12.4. The van der Waals surface area contributed by atoms with E-state index < -0.39 is 0 Å². The van der Waals surface area contributed by atoms with E-state index >= 15 is 0 Å². The molecular formula is C19H23N3O2. The van der Waals surface area contributed by atoms with Gasteiger partial charge in [0.1, 0.15) is 5.69 Å². The number of carbonyl (C=O) groups is 2. The fourth-order valence-electron chi connectivity index (χ4n) is 2.24. The number of nitrogens with zero attached hydrogens (tertiary/aromatic N) is 1. The average molecular weight is 325 g/mol. The fourth-order valence-corrected chi connectivity index (χ4v) is 2.24. The molecule has 2 aromatic rings. The van der Waals surface area contributed by atoms with Crippen molar-refractivity contribution in [3.63, 3.8) is 0 Å². The first kappa shape index (κ1) is 17.7. The minimum atomic E-state index is -0.333. The minimum absolute atomic E-state index is 0.202. The van der Waals surface area contributed by atoms with Crippen molar-refractivity contribution in [2.45, 2.75) is 27.7 Å². The molecule has 5 nitrogen and oxygen atoms in total. The summed E-state index contributed by atoms with van der Waals surface area (Å²) in [5.41, 5.74) is 3.49. The molecule has 2 rings (SSSR count). The quantitative estimate of drug-likeness (QED) is 0.885. The van der Waals surface area contributed by atoms with Crippen molar-refractivity contribution in [3.8, 4) is 0 Å². The first-order valence-corrected chi connectivity index (χ1v) is 7.99. The zero-order valence-corrected chi connectivity index (χ0v) is 14.5. The van der Waals surface area contributed by atoms with Gasteiger partial charge in [-0.15, -0.1) is 0 Å². The Hall–Kier alpha value is -2.69. The van der Waals surface area contributed by atoms with E-state index in [1.807, 2.05) is 45.9 Å². The van der Waals surface area contributed by atoms with E-state index in [1.54, 1.807) is 6.07 Å². The summed E-state index contributed by atoms with van der Waals surface area (Å²) in [6, 6.07) is 8.91. The molecule has 0 aliphatic rings. The van der Waals surface area contributed by atoms with Crippen LogP contribution in [-0.4, -0.2) is 23.3 Å². The van der Waals surface area contributed by atoms with Crippen molar-refractivity contribution in [2.24, 2.45) is 5.92 Å². The Morgan fingerprint density at radius 3 is 2.50 bits per heavy atom. The molecule has 126 valence electrons. The molecule has 1 aromatic heterocycles. The molecule has 24 heavy (non-hydrogen) atoms. The number of anilines is 1. The normalized spacial score (nSPS) is 10.5. The van der Waals surface area contributed by atoms with Crippen LogP contribution in [-0.2, 0) is 0 Å². The lowest BCUT2D eigenvalue weighted by atomic mass is 10.1. The van der Waals surface area contributed by atoms with Gasteiger partial charge in [-0.2, -0.15) is 0 Å². The van der Waals surface area contributed by atoms with Gasteiger partial charge in [0.05, 0.1) is 0 Å². The highest BCUT2D eigenvalue weighted by Crippen LogP contribution is 2.17. The molecule has 0 fully saturated rings. The van der Waals surface area contributed by atoms with Crippen molar-refractivity contribution in [1.29, 1.82) is 0 Å². The third-order valence-electron chi connectivity index (χ3n) is 3.56. The average Bonchev–Trinajstić information content (AvgIpc) is 2.55. The van der Waals surface area contributed by atoms with Crippen LogP contribution in [0.3, 0.4) is 0 Å². The predicted molar refractivity (Wildman–Crippen MR) is 95.3 cm³/mol. The first-order chi connectivity index (χ1) is 11.4. The molecule has 2 amide bonds. The second-order valence-electron chi connectivity index (χ2n) is 6.31. The summed E-state index contributed by atoms with van der Waals surface area (Å²) in [5, 5.41) is 5.67. The van der Waals surface area contributed by atoms with E-state index in [-0.39, 0.29) is 17.5 Å². The first-order valence-electron chi connectivity index (χ1n) is 7.99. The predicted octanol–water partition coefficient (Wildman–Crippen LogP) is 3.34. The van der Waals surface area contributed by atoms with E-state index in [2.05, 4.69) is 15.6 Å². The lowest BCUT2D eigenvalue weighted by Crippen LogP contribution is -2.27. The molecule has 0 radical (unpaired) electrons. The van der Waals surface area contributed by atoms with E-state index in [1.165, 1.54) is 12.3 Å². The number of benzene rings is 1. The van der Waals surface area contributed by atoms with Crippen LogP contribution in [0.15, 0.2) is 36.5 Å². The van der Waals surface area contributed by atoms with Gasteiger partial charge in [-0.1, -0.05) is 31.5 Å². The molecule has 0 saturated carbocycles. The largest absolute Gasteiger partial charge is 0.352 e. The van der Waals surface area contributed by atoms with Crippen molar-refractivity contribution in [1.82, 2.24) is 10.3 Å². The topological polar surface area (TPSA) is 71.1 Å². The molecule has 0 spiro atoms. The minimum Gasteiger partial charge on any atom is -0.352 e. The number of aromatic nitrogens is 1. The van der Waals surface area contributed by atoms with Gasteiger partial charge in [0.25, 0.3) is 11.8 Å². The van der Waals surface area contributed by atoms with Crippen LogP contribution in [0, 0.1) is 19.8 Å². The van der Waals surface area contributed by atoms with Gasteiger partial charge in [0.2, 0.25) is 0 Å². The van der Waals surface area contributed by atoms with Crippen LogP contribution in [0.25, 0.3) is 0 Å². The molecule has 0 aliphatic carbocycles. The molecule has 0 bridgehead atoms. The zero-order chi connectivity index (χ0) is 17.7. The molecule has 1 heterocycles. The van der Waals surface area contributed by atoms with E-state index in [0.717, 1.165) is 16.8 Å².